The number of hydrogen-bond acceptors (Lipinski definition) is 12. The van der Waals surface area contributed by atoms with Crippen molar-refractivity contribution in [3.63, 3.8) is 0 Å². The van der Waals surface area contributed by atoms with Crippen LogP contribution in [0.4, 0.5) is 11.6 Å². The Morgan fingerprint density at radius 2 is 1.10 bits per heavy atom. The molecule has 2 aromatic carbocycles. The second kappa shape index (κ2) is 16.9. The Morgan fingerprint density at radius 3 is 1.52 bits per heavy atom. The van der Waals surface area contributed by atoms with E-state index in [-0.39, 0.29) is 47.9 Å². The van der Waals surface area contributed by atoms with Gasteiger partial charge in [-0.25, -0.2) is 9.97 Å². The van der Waals surface area contributed by atoms with E-state index >= 15 is 0 Å². The number of ether oxygens (including phenoxy) is 2. The number of hydrogen-bond donors (Lipinski definition) is 4. The maximum absolute atomic E-state index is 13.1. The number of aliphatic hydroxyl groups is 2. The van der Waals surface area contributed by atoms with Crippen LogP contribution in [0.25, 0.3) is 33.1 Å². The Balaban J connectivity index is 0.000000158. The molecule has 2 aliphatic rings. The molecule has 0 unspecified atom stereocenters. The van der Waals surface area contributed by atoms with Crippen molar-refractivity contribution < 1.29 is 29.3 Å². The first-order valence-corrected chi connectivity index (χ1v) is 20.8. The average molecular weight is 841 g/mol. The summed E-state index contributed by atoms with van der Waals surface area (Å²) in [5.41, 5.74) is 3.58. The van der Waals surface area contributed by atoms with E-state index in [1.165, 1.54) is 14.2 Å². The Hall–Kier alpha value is -6.92. The summed E-state index contributed by atoms with van der Waals surface area (Å²) in [6, 6.07) is 14.6. The van der Waals surface area contributed by atoms with Gasteiger partial charge in [0, 0.05) is 59.5 Å². The monoisotopic (exact) mass is 840 g/mol. The molecule has 0 radical (unpaired) electrons. The number of nitrogens with zero attached hydrogens (tertiary/aromatic N) is 10. The van der Waals surface area contributed by atoms with Crippen molar-refractivity contribution in [2.24, 2.45) is 11.8 Å². The number of nitrogens with one attached hydrogen (secondary N) is 2. The van der Waals surface area contributed by atoms with Crippen molar-refractivity contribution >= 4 is 56.6 Å². The van der Waals surface area contributed by atoms with Crippen LogP contribution < -0.4 is 20.1 Å². The number of methoxy groups -OCH3 is 2. The van der Waals surface area contributed by atoms with Gasteiger partial charge in [-0.1, -0.05) is 13.8 Å². The molecule has 8 aromatic rings. The maximum atomic E-state index is 13.1. The molecule has 10 rings (SSSR count). The second-order valence-corrected chi connectivity index (χ2v) is 16.1. The predicted octanol–water partition coefficient (Wildman–Crippen LogP) is 6.12. The van der Waals surface area contributed by atoms with Crippen LogP contribution in [0, 0.1) is 11.8 Å². The average Bonchev–Trinajstić information content (AvgIpc) is 4.10. The molecular weight excluding hydrogens is 793 g/mol. The number of imidazole rings is 2. The molecule has 0 spiro atoms. The molecule has 18 nitrogen and oxygen atoms in total. The summed E-state index contributed by atoms with van der Waals surface area (Å²) in [6.45, 7) is 4.12. The van der Waals surface area contributed by atoms with Gasteiger partial charge in [0.15, 0.2) is 22.9 Å². The number of aromatic nitrogens is 10. The minimum Gasteiger partial charge on any atom is -0.496 e. The lowest BCUT2D eigenvalue weighted by Gasteiger charge is -2.33. The highest BCUT2D eigenvalue weighted by Gasteiger charge is 2.32. The Kier molecular flexibility index (Phi) is 11.0. The standard InChI is InChI=1S/2C22H24N6O3/c2*1-13-17(5-3-6-18(13)29)27-12-14-9-15(19(31-2)10-16(14)26-27)22(30)25-21-11-23-20-7-4-8-24-28(20)21/h2*4,7-13,17-18,29H,3,5-6H2,1-2H3,(H,25,30)/t2*13-,17+,18+/m11/s1. The lowest BCUT2D eigenvalue weighted by molar-refractivity contribution is 0.0428. The first-order chi connectivity index (χ1) is 30.1. The molecule has 4 N–H and O–H groups in total. The zero-order valence-electron chi connectivity index (χ0n) is 34.8. The third-order valence-corrected chi connectivity index (χ3v) is 12.3. The van der Waals surface area contributed by atoms with Crippen molar-refractivity contribution in [1.29, 1.82) is 0 Å². The van der Waals surface area contributed by atoms with Crippen LogP contribution in [0.3, 0.4) is 0 Å². The quantitative estimate of drug-likeness (QED) is 0.136. The summed E-state index contributed by atoms with van der Waals surface area (Å²) >= 11 is 0. The van der Waals surface area contributed by atoms with Crippen LogP contribution in [-0.2, 0) is 0 Å². The maximum Gasteiger partial charge on any atom is 0.260 e. The molecule has 2 amide bonds. The molecule has 6 aromatic heterocycles. The fraction of sp³-hybridized carbons (Fsp3) is 0.364. The van der Waals surface area contributed by atoms with Gasteiger partial charge in [-0.2, -0.15) is 29.4 Å². The van der Waals surface area contributed by atoms with Crippen LogP contribution in [0.15, 0.2) is 85.7 Å². The summed E-state index contributed by atoms with van der Waals surface area (Å²) in [4.78, 5) is 34.6. The third kappa shape index (κ3) is 7.66. The van der Waals surface area contributed by atoms with Gasteiger partial charge in [0.1, 0.15) is 11.5 Å². The van der Waals surface area contributed by atoms with Crippen LogP contribution in [0.1, 0.15) is 85.2 Å². The van der Waals surface area contributed by atoms with Gasteiger partial charge < -0.3 is 30.3 Å². The van der Waals surface area contributed by atoms with E-state index in [0.29, 0.717) is 45.6 Å². The van der Waals surface area contributed by atoms with E-state index in [1.54, 1.807) is 70.2 Å². The van der Waals surface area contributed by atoms with E-state index in [0.717, 1.165) is 60.3 Å². The molecule has 0 bridgehead atoms. The number of anilines is 2. The van der Waals surface area contributed by atoms with E-state index in [2.05, 4.69) is 44.6 Å². The van der Waals surface area contributed by atoms with Gasteiger partial charge >= 0.3 is 0 Å². The number of carbonyl (C=O) groups excluding carboxylic acids is 2. The largest absolute Gasteiger partial charge is 0.496 e. The number of amides is 2. The smallest absolute Gasteiger partial charge is 0.260 e. The predicted molar refractivity (Wildman–Crippen MR) is 231 cm³/mol. The highest BCUT2D eigenvalue weighted by molar-refractivity contribution is 6.09. The molecule has 6 heterocycles. The normalized spacial score (nSPS) is 21.5. The minimum absolute atomic E-state index is 0.121. The minimum atomic E-state index is -0.319. The van der Waals surface area contributed by atoms with Crippen molar-refractivity contribution in [3.05, 3.63) is 96.8 Å². The van der Waals surface area contributed by atoms with E-state index in [9.17, 15) is 19.8 Å². The number of fused-ring (bicyclic) bond motifs is 4. The SMILES string of the molecule is COc1cc2nn([C@H]3CCC[C@H](O)[C@@H]3C)cc2cc1C(=O)Nc1cnc2cccnn12.COc1cc2nn([C@H]3CCC[C@H](O)[C@@H]3C)cc2cc1C(=O)Nc1cnc2cccnn12. The highest BCUT2D eigenvalue weighted by atomic mass is 16.5. The van der Waals surface area contributed by atoms with Crippen molar-refractivity contribution in [3.8, 4) is 11.5 Å². The van der Waals surface area contributed by atoms with Crippen molar-refractivity contribution in [2.75, 3.05) is 24.9 Å². The first-order valence-electron chi connectivity index (χ1n) is 20.8. The van der Waals surface area contributed by atoms with E-state index in [4.69, 9.17) is 19.7 Å². The fourth-order valence-electron chi connectivity index (χ4n) is 8.76. The fourth-order valence-corrected chi connectivity index (χ4v) is 8.76. The zero-order chi connectivity index (χ0) is 43.1. The molecule has 2 aliphatic carbocycles. The number of carbonyl (C=O) groups is 2. The topological polar surface area (TPSA) is 213 Å². The lowest BCUT2D eigenvalue weighted by atomic mass is 9.83. The van der Waals surface area contributed by atoms with Gasteiger partial charge in [-0.05, 0) is 74.9 Å². The van der Waals surface area contributed by atoms with E-state index in [1.807, 2.05) is 33.9 Å². The van der Waals surface area contributed by atoms with Crippen LogP contribution in [-0.4, -0.2) is 97.2 Å². The van der Waals surface area contributed by atoms with Gasteiger partial charge in [0.2, 0.25) is 0 Å². The molecule has 0 saturated heterocycles. The summed E-state index contributed by atoms with van der Waals surface area (Å²) in [5.74, 6) is 1.43. The highest BCUT2D eigenvalue weighted by Crippen LogP contribution is 2.37. The molecular formula is C44H48N12O6. The Morgan fingerprint density at radius 1 is 0.661 bits per heavy atom. The van der Waals surface area contributed by atoms with Gasteiger partial charge in [0.05, 0.1) is 73.1 Å². The van der Waals surface area contributed by atoms with Gasteiger partial charge in [-0.3, -0.25) is 19.0 Å². The molecule has 0 aliphatic heterocycles. The molecule has 62 heavy (non-hydrogen) atoms. The van der Waals surface area contributed by atoms with Gasteiger partial charge in [-0.15, -0.1) is 0 Å². The summed E-state index contributed by atoms with van der Waals surface area (Å²) in [7, 11) is 3.06. The number of benzene rings is 2. The Bertz CT molecular complexity index is 2720. The Labute approximate surface area is 355 Å². The van der Waals surface area contributed by atoms with Crippen LogP contribution >= 0.6 is 0 Å². The molecule has 6 atom stereocenters. The van der Waals surface area contributed by atoms with E-state index < -0.39 is 0 Å². The molecule has 2 fully saturated rings. The van der Waals surface area contributed by atoms with Crippen LogP contribution in [0.5, 0.6) is 11.5 Å². The number of rotatable bonds is 8. The molecule has 2 saturated carbocycles. The zero-order valence-corrected chi connectivity index (χ0v) is 34.8. The summed E-state index contributed by atoms with van der Waals surface area (Å²) in [6.07, 6.45) is 15.2. The summed E-state index contributed by atoms with van der Waals surface area (Å²) in [5, 5.41) is 45.8. The number of aliphatic hydroxyl groups excluding tert-OH is 2. The van der Waals surface area contributed by atoms with Gasteiger partial charge in [0.25, 0.3) is 11.8 Å². The summed E-state index contributed by atoms with van der Waals surface area (Å²) < 4.78 is 18.0. The first kappa shape index (κ1) is 40.5. The second-order valence-electron chi connectivity index (χ2n) is 16.1. The van der Waals surface area contributed by atoms with Crippen molar-refractivity contribution in [2.45, 2.75) is 76.7 Å². The van der Waals surface area contributed by atoms with Crippen LogP contribution in [0.2, 0.25) is 0 Å². The molecule has 320 valence electrons. The molecule has 18 heteroatoms. The van der Waals surface area contributed by atoms with Crippen molar-refractivity contribution in [1.82, 2.24) is 48.8 Å². The third-order valence-electron chi connectivity index (χ3n) is 12.3. The lowest BCUT2D eigenvalue weighted by Crippen LogP contribution is -2.32.